The lowest BCUT2D eigenvalue weighted by Gasteiger charge is -1.95. The first-order chi connectivity index (χ1) is 8.61. The number of carbonyl (C=O) groups is 1. The number of allylic oxidation sites excluding steroid dienone is 1. The first kappa shape index (κ1) is 12.6. The summed E-state index contributed by atoms with van der Waals surface area (Å²) in [5.74, 6) is -0.153. The lowest BCUT2D eigenvalue weighted by atomic mass is 10.2. The van der Waals surface area contributed by atoms with E-state index < -0.39 is 0 Å². The lowest BCUT2D eigenvalue weighted by Crippen LogP contribution is -2.00. The molecule has 2 heterocycles. The van der Waals surface area contributed by atoms with Crippen LogP contribution in [0, 0.1) is 0 Å². The second-order valence-corrected chi connectivity index (χ2v) is 4.16. The average molecular weight is 265 g/mol. The first-order valence-corrected chi connectivity index (χ1v) is 5.93. The fourth-order valence-electron chi connectivity index (χ4n) is 1.52. The van der Waals surface area contributed by atoms with E-state index in [9.17, 15) is 4.79 Å². The van der Waals surface area contributed by atoms with E-state index in [1.807, 2.05) is 6.92 Å². The van der Waals surface area contributed by atoms with Gasteiger partial charge in [-0.25, -0.2) is 0 Å². The van der Waals surface area contributed by atoms with Gasteiger partial charge in [-0.3, -0.25) is 14.2 Å². The van der Waals surface area contributed by atoms with Crippen molar-refractivity contribution >= 4 is 23.5 Å². The van der Waals surface area contributed by atoms with E-state index in [1.165, 1.54) is 12.3 Å². The van der Waals surface area contributed by atoms with Crippen LogP contribution in [0.15, 0.2) is 24.5 Å². The maximum absolute atomic E-state index is 11.9. The van der Waals surface area contributed by atoms with E-state index >= 15 is 0 Å². The molecule has 0 fully saturated rings. The summed E-state index contributed by atoms with van der Waals surface area (Å²) in [5, 5.41) is 8.64. The van der Waals surface area contributed by atoms with Crippen LogP contribution >= 0.6 is 11.6 Å². The molecular weight excluding hydrogens is 252 g/mol. The number of rotatable bonds is 4. The molecule has 0 amide bonds. The number of nitrogens with zero attached hydrogens (tertiary/aromatic N) is 4. The zero-order valence-electron chi connectivity index (χ0n) is 10.2. The Balaban J connectivity index is 2.16. The van der Waals surface area contributed by atoms with Crippen molar-refractivity contribution in [2.45, 2.75) is 13.5 Å². The van der Waals surface area contributed by atoms with Crippen LogP contribution < -0.4 is 0 Å². The van der Waals surface area contributed by atoms with Crippen molar-refractivity contribution in [1.29, 1.82) is 0 Å². The molecule has 0 aliphatic rings. The molecule has 0 aliphatic heterocycles. The van der Waals surface area contributed by atoms with Gasteiger partial charge in [-0.05, 0) is 25.1 Å². The van der Waals surface area contributed by atoms with Gasteiger partial charge in [-0.15, -0.1) is 0 Å². The number of carbonyl (C=O) groups excluding carboxylic acids is 1. The third-order valence-corrected chi connectivity index (χ3v) is 2.84. The number of aryl methyl sites for hydroxylation is 2. The summed E-state index contributed by atoms with van der Waals surface area (Å²) in [6.07, 6.45) is 6.41. The summed E-state index contributed by atoms with van der Waals surface area (Å²) in [5.41, 5.74) is 1.12. The SMILES string of the molecule is CCn1ccc(C(=O)/C=C/c2c(Cl)cnn2C)n1. The second-order valence-electron chi connectivity index (χ2n) is 3.76. The van der Waals surface area contributed by atoms with E-state index in [-0.39, 0.29) is 5.78 Å². The fourth-order valence-corrected chi connectivity index (χ4v) is 1.75. The quantitative estimate of drug-likeness (QED) is 0.628. The molecule has 5 nitrogen and oxygen atoms in total. The van der Waals surface area contributed by atoms with E-state index in [2.05, 4.69) is 10.2 Å². The Morgan fingerprint density at radius 1 is 1.56 bits per heavy atom. The molecule has 0 saturated carbocycles. The van der Waals surface area contributed by atoms with Crippen molar-refractivity contribution in [1.82, 2.24) is 19.6 Å². The molecular formula is C12H13ClN4O. The van der Waals surface area contributed by atoms with Gasteiger partial charge in [-0.1, -0.05) is 11.6 Å². The summed E-state index contributed by atoms with van der Waals surface area (Å²) in [4.78, 5) is 11.9. The molecule has 0 bridgehead atoms. The van der Waals surface area contributed by atoms with E-state index in [0.717, 1.165) is 6.54 Å². The standard InChI is InChI=1S/C12H13ClN4O/c1-3-17-7-6-10(15-17)12(18)5-4-11-9(13)8-14-16(11)2/h4-8H,3H2,1-2H3/b5-4+. The largest absolute Gasteiger partial charge is 0.287 e. The van der Waals surface area contributed by atoms with Gasteiger partial charge in [0.15, 0.2) is 0 Å². The Morgan fingerprint density at radius 2 is 2.33 bits per heavy atom. The Bertz CT molecular complexity index is 577. The highest BCUT2D eigenvalue weighted by Gasteiger charge is 2.07. The molecule has 0 aromatic carbocycles. The molecule has 2 aromatic rings. The lowest BCUT2D eigenvalue weighted by molar-refractivity contribution is 0.104. The molecule has 0 radical (unpaired) electrons. The summed E-state index contributed by atoms with van der Waals surface area (Å²) in [6.45, 7) is 2.71. The topological polar surface area (TPSA) is 52.7 Å². The van der Waals surface area contributed by atoms with Crippen LogP contribution in [0.3, 0.4) is 0 Å². The molecule has 0 N–H and O–H groups in total. The molecule has 6 heteroatoms. The molecule has 0 saturated heterocycles. The van der Waals surface area contributed by atoms with Gasteiger partial charge in [0.1, 0.15) is 5.69 Å². The third kappa shape index (κ3) is 2.51. The minimum absolute atomic E-state index is 0.153. The fraction of sp³-hybridized carbons (Fsp3) is 0.250. The molecule has 18 heavy (non-hydrogen) atoms. The normalized spacial score (nSPS) is 11.3. The molecule has 2 rings (SSSR count). The monoisotopic (exact) mass is 264 g/mol. The van der Waals surface area contributed by atoms with Crippen molar-refractivity contribution in [3.8, 4) is 0 Å². The number of aromatic nitrogens is 4. The van der Waals surface area contributed by atoms with Gasteiger partial charge < -0.3 is 0 Å². The maximum atomic E-state index is 11.9. The van der Waals surface area contributed by atoms with Crippen molar-refractivity contribution in [2.24, 2.45) is 7.05 Å². The van der Waals surface area contributed by atoms with Crippen molar-refractivity contribution in [2.75, 3.05) is 0 Å². The Labute approximate surface area is 110 Å². The number of halogens is 1. The highest BCUT2D eigenvalue weighted by Crippen LogP contribution is 2.15. The van der Waals surface area contributed by atoms with Crippen molar-refractivity contribution in [3.63, 3.8) is 0 Å². The Kier molecular flexibility index (Phi) is 3.62. The molecule has 0 atom stereocenters. The van der Waals surface area contributed by atoms with Gasteiger partial charge in [0.2, 0.25) is 5.78 Å². The zero-order chi connectivity index (χ0) is 13.1. The van der Waals surface area contributed by atoms with Gasteiger partial charge >= 0.3 is 0 Å². The summed E-state index contributed by atoms with van der Waals surface area (Å²) in [6, 6.07) is 1.70. The van der Waals surface area contributed by atoms with Crippen molar-refractivity contribution < 1.29 is 4.79 Å². The van der Waals surface area contributed by atoms with Crippen LogP contribution in [0.4, 0.5) is 0 Å². The van der Waals surface area contributed by atoms with E-state index in [0.29, 0.717) is 16.4 Å². The smallest absolute Gasteiger partial charge is 0.206 e. The highest BCUT2D eigenvalue weighted by atomic mass is 35.5. The van der Waals surface area contributed by atoms with Crippen molar-refractivity contribution in [3.05, 3.63) is 40.9 Å². The molecule has 2 aromatic heterocycles. The van der Waals surface area contributed by atoms with E-state index in [4.69, 9.17) is 11.6 Å². The second kappa shape index (κ2) is 5.18. The number of hydrogen-bond donors (Lipinski definition) is 0. The molecule has 0 aliphatic carbocycles. The summed E-state index contributed by atoms with van der Waals surface area (Å²) < 4.78 is 3.31. The van der Waals surface area contributed by atoms with Crippen LogP contribution in [0.25, 0.3) is 6.08 Å². The number of ketones is 1. The average Bonchev–Trinajstić information content (AvgIpc) is 2.95. The highest BCUT2D eigenvalue weighted by molar-refractivity contribution is 6.31. The van der Waals surface area contributed by atoms with Gasteiger partial charge in [0, 0.05) is 19.8 Å². The van der Waals surface area contributed by atoms with Gasteiger partial charge in [-0.2, -0.15) is 10.2 Å². The summed E-state index contributed by atoms with van der Waals surface area (Å²) >= 11 is 5.94. The molecule has 0 unspecified atom stereocenters. The Morgan fingerprint density at radius 3 is 2.89 bits per heavy atom. The van der Waals surface area contributed by atoms with Gasteiger partial charge in [0.05, 0.1) is 16.9 Å². The molecule has 0 spiro atoms. The van der Waals surface area contributed by atoms with Crippen LogP contribution in [0.2, 0.25) is 5.02 Å². The predicted molar refractivity (Wildman–Crippen MR) is 69.5 cm³/mol. The first-order valence-electron chi connectivity index (χ1n) is 5.55. The predicted octanol–water partition coefficient (Wildman–Crippen LogP) is 2.19. The van der Waals surface area contributed by atoms with Crippen LogP contribution in [-0.4, -0.2) is 25.3 Å². The zero-order valence-corrected chi connectivity index (χ0v) is 10.9. The third-order valence-electron chi connectivity index (χ3n) is 2.55. The van der Waals surface area contributed by atoms with Gasteiger partial charge in [0.25, 0.3) is 0 Å². The summed E-state index contributed by atoms with van der Waals surface area (Å²) in [7, 11) is 1.77. The Hall–Kier alpha value is -1.88. The maximum Gasteiger partial charge on any atom is 0.206 e. The van der Waals surface area contributed by atoms with Crippen LogP contribution in [0.1, 0.15) is 23.1 Å². The van der Waals surface area contributed by atoms with Crippen LogP contribution in [-0.2, 0) is 13.6 Å². The van der Waals surface area contributed by atoms with E-state index in [1.54, 1.807) is 34.8 Å². The number of hydrogen-bond acceptors (Lipinski definition) is 3. The molecule has 94 valence electrons. The minimum atomic E-state index is -0.153. The minimum Gasteiger partial charge on any atom is -0.287 e. The van der Waals surface area contributed by atoms with Crippen LogP contribution in [0.5, 0.6) is 0 Å².